The van der Waals surface area contributed by atoms with E-state index in [2.05, 4.69) is 205 Å². The van der Waals surface area contributed by atoms with Crippen molar-refractivity contribution in [3.63, 3.8) is 0 Å². The monoisotopic (exact) mass is 811 g/mol. The third-order valence-electron chi connectivity index (χ3n) is 12.5. The largest absolute Gasteiger partial charge is 0.310 e. The van der Waals surface area contributed by atoms with Crippen molar-refractivity contribution < 1.29 is 0 Å². The van der Waals surface area contributed by atoms with Crippen LogP contribution in [0.3, 0.4) is 0 Å². The fourth-order valence-electron chi connectivity index (χ4n) is 9.78. The average Bonchev–Trinajstić information content (AvgIpc) is 3.86. The third kappa shape index (κ3) is 5.52. The van der Waals surface area contributed by atoms with E-state index in [4.69, 9.17) is 4.98 Å². The summed E-state index contributed by atoms with van der Waals surface area (Å²) in [6, 6.07) is 80.0. The molecule has 0 saturated carbocycles. The van der Waals surface area contributed by atoms with E-state index < -0.39 is 5.41 Å². The summed E-state index contributed by atoms with van der Waals surface area (Å²) in [5, 5.41) is 0.621. The number of anilines is 3. The standard InChI is InChI=1S/C57H37N3OS/c61-55-48-24-11-14-26-51(48)58-56-60(55)53-36-40(30-35-54(53)62-56)38-28-31-43(32-29-38)59(52-27-15-12-22-45(52)39-16-4-1-5-17-39)44-33-34-47-46-23-10-13-25-49(46)57(50(47)37-44,41-18-6-2-7-19-41)42-20-8-3-9-21-42/h1-37H. The molecule has 1 aliphatic carbocycles. The molecule has 0 atom stereocenters. The molecular formula is C57H37N3OS. The molecule has 2 aromatic heterocycles. The van der Waals surface area contributed by atoms with Gasteiger partial charge in [-0.25, -0.2) is 4.98 Å². The van der Waals surface area contributed by atoms with Crippen LogP contribution >= 0.6 is 11.3 Å². The first-order valence-corrected chi connectivity index (χ1v) is 21.7. The molecular weight excluding hydrogens is 775 g/mol. The lowest BCUT2D eigenvalue weighted by atomic mass is 9.67. The number of rotatable bonds is 7. The highest BCUT2D eigenvalue weighted by molar-refractivity contribution is 7.23. The van der Waals surface area contributed by atoms with Crippen molar-refractivity contribution in [1.82, 2.24) is 9.38 Å². The Hall–Kier alpha value is -7.86. The minimum Gasteiger partial charge on any atom is -0.310 e. The third-order valence-corrected chi connectivity index (χ3v) is 13.6. The van der Waals surface area contributed by atoms with E-state index in [1.165, 1.54) is 33.4 Å². The predicted molar refractivity (Wildman–Crippen MR) is 257 cm³/mol. The van der Waals surface area contributed by atoms with Crippen molar-refractivity contribution in [2.45, 2.75) is 5.41 Å². The van der Waals surface area contributed by atoms with Crippen LogP contribution in [0.15, 0.2) is 229 Å². The fraction of sp³-hybridized carbons (Fsp3) is 0.0175. The molecule has 0 spiro atoms. The molecule has 0 aliphatic heterocycles. The Bertz CT molecular complexity index is 3500. The predicted octanol–water partition coefficient (Wildman–Crippen LogP) is 14.2. The maximum Gasteiger partial charge on any atom is 0.266 e. The normalized spacial score (nSPS) is 12.7. The van der Waals surface area contributed by atoms with Crippen LogP contribution in [0.1, 0.15) is 22.3 Å². The van der Waals surface area contributed by atoms with Crippen LogP contribution in [0.25, 0.3) is 59.5 Å². The van der Waals surface area contributed by atoms with E-state index in [9.17, 15) is 4.79 Å². The highest BCUT2D eigenvalue weighted by Crippen LogP contribution is 2.57. The molecule has 0 amide bonds. The summed E-state index contributed by atoms with van der Waals surface area (Å²) in [5.41, 5.74) is 16.1. The molecule has 292 valence electrons. The second-order valence-electron chi connectivity index (χ2n) is 15.9. The number of aromatic nitrogens is 2. The second kappa shape index (κ2) is 14.4. The van der Waals surface area contributed by atoms with E-state index in [1.54, 1.807) is 15.7 Å². The Morgan fingerprint density at radius 1 is 0.468 bits per heavy atom. The first-order valence-electron chi connectivity index (χ1n) is 20.9. The van der Waals surface area contributed by atoms with Gasteiger partial charge < -0.3 is 4.90 Å². The number of benzene rings is 9. The fourth-order valence-corrected chi connectivity index (χ4v) is 10.8. The van der Waals surface area contributed by atoms with Gasteiger partial charge in [-0.2, -0.15) is 0 Å². The number of thiazole rings is 1. The lowest BCUT2D eigenvalue weighted by Crippen LogP contribution is -2.28. The summed E-state index contributed by atoms with van der Waals surface area (Å²) in [6.07, 6.45) is 0. The van der Waals surface area contributed by atoms with Crippen molar-refractivity contribution in [2.75, 3.05) is 4.90 Å². The van der Waals surface area contributed by atoms with E-state index in [-0.39, 0.29) is 5.56 Å². The Kier molecular flexibility index (Phi) is 8.37. The number of hydrogen-bond acceptors (Lipinski definition) is 4. The number of hydrogen-bond donors (Lipinski definition) is 0. The summed E-state index contributed by atoms with van der Waals surface area (Å²) in [7, 11) is 0. The van der Waals surface area contributed by atoms with Gasteiger partial charge in [0.1, 0.15) is 0 Å². The zero-order valence-corrected chi connectivity index (χ0v) is 34.3. The van der Waals surface area contributed by atoms with Crippen LogP contribution in [-0.2, 0) is 5.41 Å². The molecule has 12 rings (SSSR count). The maximum absolute atomic E-state index is 13.8. The van der Waals surface area contributed by atoms with Crippen LogP contribution in [0.5, 0.6) is 0 Å². The van der Waals surface area contributed by atoms with Gasteiger partial charge in [-0.15, -0.1) is 0 Å². The summed E-state index contributed by atoms with van der Waals surface area (Å²) in [5.74, 6) is 0. The molecule has 4 nitrogen and oxygen atoms in total. The van der Waals surface area contributed by atoms with Gasteiger partial charge in [0.05, 0.1) is 32.2 Å². The van der Waals surface area contributed by atoms with Gasteiger partial charge in [-0.1, -0.05) is 181 Å². The first kappa shape index (κ1) is 36.0. The zero-order chi connectivity index (χ0) is 41.2. The highest BCUT2D eigenvalue weighted by Gasteiger charge is 2.46. The van der Waals surface area contributed by atoms with Gasteiger partial charge >= 0.3 is 0 Å². The molecule has 9 aromatic carbocycles. The Morgan fingerprint density at radius 2 is 1.06 bits per heavy atom. The second-order valence-corrected chi connectivity index (χ2v) is 16.9. The number of nitrogens with zero attached hydrogens (tertiary/aromatic N) is 3. The minimum atomic E-state index is -0.535. The summed E-state index contributed by atoms with van der Waals surface area (Å²) < 4.78 is 2.79. The van der Waals surface area contributed by atoms with Crippen LogP contribution < -0.4 is 10.5 Å². The molecule has 2 heterocycles. The quantitative estimate of drug-likeness (QED) is 0.161. The Morgan fingerprint density at radius 3 is 1.82 bits per heavy atom. The number of fused-ring (bicyclic) bond motifs is 7. The van der Waals surface area contributed by atoms with Gasteiger partial charge in [0.15, 0.2) is 4.96 Å². The molecule has 1 aliphatic rings. The SMILES string of the molecule is O=c1c2ccccc2nc2sc3ccc(-c4ccc(N(c5ccc6c(c5)C(c5ccccc5)(c5ccccc5)c5ccccc5-6)c5ccccc5-c5ccccc5)cc4)cc3n12. The zero-order valence-electron chi connectivity index (χ0n) is 33.5. The maximum atomic E-state index is 13.8. The molecule has 11 aromatic rings. The average molecular weight is 812 g/mol. The van der Waals surface area contributed by atoms with Crippen LogP contribution in [0, 0.1) is 0 Å². The van der Waals surface area contributed by atoms with Gasteiger partial charge in [-0.3, -0.25) is 9.20 Å². The van der Waals surface area contributed by atoms with Crippen molar-refractivity contribution in [3.8, 4) is 33.4 Å². The first-order chi connectivity index (χ1) is 30.7. The van der Waals surface area contributed by atoms with E-state index in [0.717, 1.165) is 55.0 Å². The van der Waals surface area contributed by atoms with Crippen LogP contribution in [-0.4, -0.2) is 9.38 Å². The van der Waals surface area contributed by atoms with E-state index in [0.29, 0.717) is 10.3 Å². The van der Waals surface area contributed by atoms with Gasteiger partial charge in [0, 0.05) is 16.9 Å². The topological polar surface area (TPSA) is 37.6 Å². The smallest absolute Gasteiger partial charge is 0.266 e. The molecule has 0 saturated heterocycles. The molecule has 0 unspecified atom stereocenters. The van der Waals surface area contributed by atoms with E-state index >= 15 is 0 Å². The van der Waals surface area contributed by atoms with Gasteiger partial charge in [-0.05, 0) is 105 Å². The van der Waals surface area contributed by atoms with Crippen molar-refractivity contribution >= 4 is 54.5 Å². The molecule has 5 heteroatoms. The summed E-state index contributed by atoms with van der Waals surface area (Å²) in [6.45, 7) is 0. The lowest BCUT2D eigenvalue weighted by molar-refractivity contribution is 0.768. The van der Waals surface area contributed by atoms with Crippen molar-refractivity contribution in [3.05, 3.63) is 257 Å². The Balaban J connectivity index is 1.05. The van der Waals surface area contributed by atoms with Gasteiger partial charge in [0.2, 0.25) is 0 Å². The summed E-state index contributed by atoms with van der Waals surface area (Å²) >= 11 is 1.54. The summed E-state index contributed by atoms with van der Waals surface area (Å²) in [4.78, 5) is 21.7. The Labute approximate surface area is 362 Å². The van der Waals surface area contributed by atoms with Crippen molar-refractivity contribution in [2.24, 2.45) is 0 Å². The molecule has 0 N–H and O–H groups in total. The molecule has 0 radical (unpaired) electrons. The number of para-hydroxylation sites is 2. The van der Waals surface area contributed by atoms with Crippen LogP contribution in [0.4, 0.5) is 17.1 Å². The highest BCUT2D eigenvalue weighted by atomic mass is 32.1. The molecule has 62 heavy (non-hydrogen) atoms. The minimum absolute atomic E-state index is 0.0435. The lowest BCUT2D eigenvalue weighted by Gasteiger charge is -2.35. The molecule has 0 bridgehead atoms. The van der Waals surface area contributed by atoms with E-state index in [1.807, 2.05) is 24.3 Å². The van der Waals surface area contributed by atoms with Crippen molar-refractivity contribution in [1.29, 1.82) is 0 Å². The van der Waals surface area contributed by atoms with Gasteiger partial charge in [0.25, 0.3) is 5.56 Å². The van der Waals surface area contributed by atoms with Crippen LogP contribution in [0.2, 0.25) is 0 Å². The molecule has 0 fully saturated rings.